The molecule has 0 saturated carbocycles. The number of hydrogen-bond donors (Lipinski definition) is 0. The number of carbonyl (C=O) groups is 1. The summed E-state index contributed by atoms with van der Waals surface area (Å²) in [7, 11) is 1.57. The number of methoxy groups -OCH3 is 1. The Balaban J connectivity index is 2.43. The normalized spacial score (nSPS) is 29.1. The van der Waals surface area contributed by atoms with Gasteiger partial charge in [-0.05, 0) is 26.7 Å². The van der Waals surface area contributed by atoms with E-state index in [1.807, 2.05) is 0 Å². The Morgan fingerprint density at radius 3 is 2.43 bits per heavy atom. The van der Waals surface area contributed by atoms with E-state index in [9.17, 15) is 4.79 Å². The van der Waals surface area contributed by atoms with Crippen LogP contribution >= 0.6 is 0 Å². The number of ether oxygens (including phenoxy) is 1. The molecule has 0 aromatic carbocycles. The zero-order valence-corrected chi connectivity index (χ0v) is 9.45. The van der Waals surface area contributed by atoms with E-state index in [0.29, 0.717) is 18.6 Å². The molecule has 1 heterocycles. The summed E-state index contributed by atoms with van der Waals surface area (Å²) in [5, 5.41) is 0. The molecule has 0 radical (unpaired) electrons. The van der Waals surface area contributed by atoms with E-state index in [4.69, 9.17) is 4.74 Å². The van der Waals surface area contributed by atoms with Gasteiger partial charge >= 0.3 is 0 Å². The number of piperidine rings is 1. The molecule has 3 heteroatoms. The van der Waals surface area contributed by atoms with E-state index in [1.54, 1.807) is 7.11 Å². The predicted molar refractivity (Wildman–Crippen MR) is 56.4 cm³/mol. The van der Waals surface area contributed by atoms with Gasteiger partial charge in [0.15, 0.2) is 5.78 Å². The maximum absolute atomic E-state index is 11.4. The molecule has 0 unspecified atom stereocenters. The number of hydrogen-bond acceptors (Lipinski definition) is 3. The lowest BCUT2D eigenvalue weighted by Gasteiger charge is -2.38. The smallest absolute Gasteiger partial charge is 0.172 e. The molecule has 82 valence electrons. The molecule has 2 atom stereocenters. The van der Waals surface area contributed by atoms with Crippen molar-refractivity contribution in [2.24, 2.45) is 0 Å². The third-order valence-electron chi connectivity index (χ3n) is 3.04. The molecule has 0 aliphatic carbocycles. The fraction of sp³-hybridized carbons (Fsp3) is 0.909. The van der Waals surface area contributed by atoms with E-state index < -0.39 is 0 Å². The van der Waals surface area contributed by atoms with Crippen LogP contribution in [0.15, 0.2) is 0 Å². The third kappa shape index (κ3) is 3.07. The van der Waals surface area contributed by atoms with Gasteiger partial charge in [0.2, 0.25) is 0 Å². The molecule has 0 aromatic heterocycles. The first kappa shape index (κ1) is 11.7. The lowest BCUT2D eigenvalue weighted by molar-refractivity contribution is -0.125. The van der Waals surface area contributed by atoms with Crippen molar-refractivity contribution >= 4 is 5.78 Å². The van der Waals surface area contributed by atoms with E-state index in [1.165, 1.54) is 19.3 Å². The molecule has 1 saturated heterocycles. The fourth-order valence-corrected chi connectivity index (χ4v) is 2.20. The second-order valence-electron chi connectivity index (χ2n) is 4.27. The number of nitrogens with zero attached hydrogens (tertiary/aromatic N) is 1. The van der Waals surface area contributed by atoms with Gasteiger partial charge < -0.3 is 4.74 Å². The Morgan fingerprint density at radius 2 is 1.93 bits per heavy atom. The first-order chi connectivity index (χ1) is 6.65. The van der Waals surface area contributed by atoms with E-state index in [-0.39, 0.29) is 12.4 Å². The minimum Gasteiger partial charge on any atom is -0.377 e. The lowest BCUT2D eigenvalue weighted by Crippen LogP contribution is -2.46. The second kappa shape index (κ2) is 5.47. The van der Waals surface area contributed by atoms with Crippen molar-refractivity contribution in [3.8, 4) is 0 Å². The van der Waals surface area contributed by atoms with Gasteiger partial charge in [-0.2, -0.15) is 0 Å². The molecule has 1 rings (SSSR count). The van der Waals surface area contributed by atoms with Gasteiger partial charge in [0.1, 0.15) is 6.61 Å². The monoisotopic (exact) mass is 199 g/mol. The van der Waals surface area contributed by atoms with Gasteiger partial charge in [-0.3, -0.25) is 9.69 Å². The Hall–Kier alpha value is -0.410. The molecular weight excluding hydrogens is 178 g/mol. The van der Waals surface area contributed by atoms with Crippen LogP contribution in [0.4, 0.5) is 0 Å². The highest BCUT2D eigenvalue weighted by atomic mass is 16.5. The van der Waals surface area contributed by atoms with Crippen molar-refractivity contribution < 1.29 is 9.53 Å². The SMILES string of the molecule is COCC(=O)CN1[C@H](C)CCC[C@@H]1C. The van der Waals surface area contributed by atoms with Crippen LogP contribution in [0.3, 0.4) is 0 Å². The summed E-state index contributed by atoms with van der Waals surface area (Å²) >= 11 is 0. The van der Waals surface area contributed by atoms with E-state index in [2.05, 4.69) is 18.7 Å². The molecule has 3 nitrogen and oxygen atoms in total. The number of likely N-dealkylation sites (tertiary alicyclic amines) is 1. The van der Waals surface area contributed by atoms with Gasteiger partial charge in [-0.15, -0.1) is 0 Å². The van der Waals surface area contributed by atoms with Crippen LogP contribution in [0.2, 0.25) is 0 Å². The molecule has 0 amide bonds. The average Bonchev–Trinajstić information content (AvgIpc) is 2.12. The van der Waals surface area contributed by atoms with Gasteiger partial charge in [-0.1, -0.05) is 6.42 Å². The number of Topliss-reactive ketones (excluding diaryl/α,β-unsaturated/α-hetero) is 1. The molecule has 0 spiro atoms. The fourth-order valence-electron chi connectivity index (χ4n) is 2.20. The van der Waals surface area contributed by atoms with Gasteiger partial charge in [0.05, 0.1) is 6.54 Å². The zero-order valence-electron chi connectivity index (χ0n) is 9.45. The Bertz CT molecular complexity index is 184. The van der Waals surface area contributed by atoms with Crippen molar-refractivity contribution in [2.75, 3.05) is 20.3 Å². The van der Waals surface area contributed by atoms with Gasteiger partial charge in [-0.25, -0.2) is 0 Å². The highest BCUT2D eigenvalue weighted by Crippen LogP contribution is 2.21. The predicted octanol–water partition coefficient (Wildman–Crippen LogP) is 1.46. The molecule has 14 heavy (non-hydrogen) atoms. The third-order valence-corrected chi connectivity index (χ3v) is 3.04. The molecule has 1 aliphatic rings. The van der Waals surface area contributed by atoms with E-state index >= 15 is 0 Å². The quantitative estimate of drug-likeness (QED) is 0.686. The highest BCUT2D eigenvalue weighted by molar-refractivity contribution is 5.81. The highest BCUT2D eigenvalue weighted by Gasteiger charge is 2.25. The number of carbonyl (C=O) groups excluding carboxylic acids is 1. The summed E-state index contributed by atoms with van der Waals surface area (Å²) in [5.74, 6) is 0.188. The van der Waals surface area contributed by atoms with Crippen LogP contribution in [0, 0.1) is 0 Å². The van der Waals surface area contributed by atoms with Crippen molar-refractivity contribution in [3.05, 3.63) is 0 Å². The largest absolute Gasteiger partial charge is 0.377 e. The summed E-state index contributed by atoms with van der Waals surface area (Å²) < 4.78 is 4.84. The van der Waals surface area contributed by atoms with Crippen LogP contribution in [0.25, 0.3) is 0 Å². The van der Waals surface area contributed by atoms with Crippen molar-refractivity contribution in [1.82, 2.24) is 4.90 Å². The topological polar surface area (TPSA) is 29.5 Å². The van der Waals surface area contributed by atoms with Crippen LogP contribution in [0.1, 0.15) is 33.1 Å². The van der Waals surface area contributed by atoms with Gasteiger partial charge in [0, 0.05) is 19.2 Å². The Morgan fingerprint density at radius 1 is 1.36 bits per heavy atom. The van der Waals surface area contributed by atoms with Crippen molar-refractivity contribution in [1.29, 1.82) is 0 Å². The summed E-state index contributed by atoms with van der Waals surface area (Å²) in [4.78, 5) is 13.7. The average molecular weight is 199 g/mol. The second-order valence-corrected chi connectivity index (χ2v) is 4.27. The first-order valence-corrected chi connectivity index (χ1v) is 5.41. The van der Waals surface area contributed by atoms with Crippen LogP contribution in [-0.4, -0.2) is 43.0 Å². The zero-order chi connectivity index (χ0) is 10.6. The van der Waals surface area contributed by atoms with Crippen LogP contribution < -0.4 is 0 Å². The molecule has 0 bridgehead atoms. The summed E-state index contributed by atoms with van der Waals surface area (Å²) in [5.41, 5.74) is 0. The maximum Gasteiger partial charge on any atom is 0.172 e. The summed E-state index contributed by atoms with van der Waals surface area (Å²) in [6.07, 6.45) is 3.71. The molecule has 0 aromatic rings. The minimum atomic E-state index is 0.188. The van der Waals surface area contributed by atoms with Crippen LogP contribution in [0.5, 0.6) is 0 Å². The standard InChI is InChI=1S/C11H21NO2/c1-9-5-4-6-10(2)12(9)7-11(13)8-14-3/h9-10H,4-8H2,1-3H3/t9-,10+. The van der Waals surface area contributed by atoms with Crippen molar-refractivity contribution in [2.45, 2.75) is 45.2 Å². The number of rotatable bonds is 4. The maximum atomic E-state index is 11.4. The minimum absolute atomic E-state index is 0.188. The summed E-state index contributed by atoms with van der Waals surface area (Å²) in [6.45, 7) is 5.21. The van der Waals surface area contributed by atoms with Gasteiger partial charge in [0.25, 0.3) is 0 Å². The van der Waals surface area contributed by atoms with E-state index in [0.717, 1.165) is 0 Å². The number of ketones is 1. The Kier molecular flexibility index (Phi) is 4.55. The van der Waals surface area contributed by atoms with Crippen LogP contribution in [-0.2, 0) is 9.53 Å². The summed E-state index contributed by atoms with van der Waals surface area (Å²) in [6, 6.07) is 1.08. The molecule has 0 N–H and O–H groups in total. The first-order valence-electron chi connectivity index (χ1n) is 5.41. The molecular formula is C11H21NO2. The lowest BCUT2D eigenvalue weighted by atomic mass is 9.97. The Labute approximate surface area is 86.4 Å². The van der Waals surface area contributed by atoms with Crippen molar-refractivity contribution in [3.63, 3.8) is 0 Å². The molecule has 1 aliphatic heterocycles. The molecule has 1 fully saturated rings.